The number of non-ortho nitro benzene ring substituents is 1. The smallest absolute Gasteiger partial charge is 0.271 e. The van der Waals surface area contributed by atoms with E-state index in [1.54, 1.807) is 23.1 Å². The van der Waals surface area contributed by atoms with Crippen LogP contribution in [0.15, 0.2) is 54.2 Å². The number of hydrogen-bond acceptors (Lipinski definition) is 5. The minimum absolute atomic E-state index is 0.0924. The van der Waals surface area contributed by atoms with Crippen molar-refractivity contribution in [3.8, 4) is 5.75 Å². The summed E-state index contributed by atoms with van der Waals surface area (Å²) in [4.78, 5) is 38.2. The van der Waals surface area contributed by atoms with Gasteiger partial charge in [0.15, 0.2) is 0 Å². The highest BCUT2D eigenvalue weighted by molar-refractivity contribution is 9.15. The summed E-state index contributed by atoms with van der Waals surface area (Å²) in [7, 11) is 1.53. The molecule has 1 aliphatic rings. The lowest BCUT2D eigenvalue weighted by Gasteiger charge is -2.28. The third-order valence-corrected chi connectivity index (χ3v) is 5.82. The van der Waals surface area contributed by atoms with Gasteiger partial charge in [-0.25, -0.2) is 0 Å². The number of nitrogens with zero attached hydrogens (tertiary/aromatic N) is 2. The average Bonchev–Trinajstić information content (AvgIpc) is 2.82. The second-order valence-electron chi connectivity index (χ2n) is 7.00. The number of piperidine rings is 1. The zero-order valence-electron chi connectivity index (χ0n) is 17.0. The Morgan fingerprint density at radius 3 is 2.32 bits per heavy atom. The molecule has 2 aromatic carbocycles. The second-order valence-corrected chi connectivity index (χ2v) is 7.79. The number of ether oxygens (including phenoxy) is 1. The maximum absolute atomic E-state index is 13.3. The van der Waals surface area contributed by atoms with E-state index < -0.39 is 10.8 Å². The quantitative estimate of drug-likeness (QED) is 0.375. The molecule has 1 saturated heterocycles. The Balaban J connectivity index is 1.98. The van der Waals surface area contributed by atoms with Gasteiger partial charge >= 0.3 is 0 Å². The van der Waals surface area contributed by atoms with Crippen molar-refractivity contribution in [1.82, 2.24) is 10.2 Å². The van der Waals surface area contributed by atoms with E-state index >= 15 is 0 Å². The Morgan fingerprint density at radius 2 is 1.71 bits per heavy atom. The highest BCUT2D eigenvalue weighted by atomic mass is 79.9. The molecule has 2 amide bonds. The minimum atomic E-state index is -0.540. The number of likely N-dealkylation sites (tertiary alicyclic amines) is 1. The van der Waals surface area contributed by atoms with Crippen LogP contribution in [0.4, 0.5) is 5.69 Å². The first-order valence-corrected chi connectivity index (χ1v) is 10.6. The molecule has 31 heavy (non-hydrogen) atoms. The number of para-hydroxylation sites is 1. The van der Waals surface area contributed by atoms with Gasteiger partial charge in [-0.3, -0.25) is 19.7 Å². The van der Waals surface area contributed by atoms with E-state index in [1.807, 2.05) is 6.07 Å². The fourth-order valence-corrected chi connectivity index (χ4v) is 3.93. The fourth-order valence-electron chi connectivity index (χ4n) is 3.34. The van der Waals surface area contributed by atoms with Crippen LogP contribution in [-0.4, -0.2) is 41.8 Å². The van der Waals surface area contributed by atoms with Crippen LogP contribution in [0.3, 0.4) is 0 Å². The zero-order valence-corrected chi connectivity index (χ0v) is 18.6. The van der Waals surface area contributed by atoms with Crippen molar-refractivity contribution in [2.75, 3.05) is 20.2 Å². The van der Waals surface area contributed by atoms with Crippen molar-refractivity contribution in [2.24, 2.45) is 0 Å². The number of carbonyl (C=O) groups excluding carboxylic acids is 2. The van der Waals surface area contributed by atoms with Crippen molar-refractivity contribution in [3.63, 3.8) is 0 Å². The molecular weight excluding hydrogens is 466 g/mol. The number of halogens is 1. The first-order valence-electron chi connectivity index (χ1n) is 9.80. The average molecular weight is 488 g/mol. The fraction of sp³-hybridized carbons (Fsp3) is 0.273. The maximum atomic E-state index is 13.3. The van der Waals surface area contributed by atoms with Crippen molar-refractivity contribution in [2.45, 2.75) is 19.3 Å². The van der Waals surface area contributed by atoms with E-state index in [0.717, 1.165) is 19.3 Å². The molecule has 3 rings (SSSR count). The Bertz CT molecular complexity index is 1010. The predicted molar refractivity (Wildman–Crippen MR) is 120 cm³/mol. The number of amides is 2. The molecular formula is C22H22BrN3O5. The number of hydrogen-bond donors (Lipinski definition) is 1. The van der Waals surface area contributed by atoms with Gasteiger partial charge in [0.05, 0.1) is 16.5 Å². The lowest BCUT2D eigenvalue weighted by atomic mass is 10.1. The predicted octanol–water partition coefficient (Wildman–Crippen LogP) is 4.11. The van der Waals surface area contributed by atoms with Gasteiger partial charge in [-0.2, -0.15) is 0 Å². The summed E-state index contributed by atoms with van der Waals surface area (Å²) < 4.78 is 5.80. The van der Waals surface area contributed by atoms with E-state index in [9.17, 15) is 19.7 Å². The van der Waals surface area contributed by atoms with Crippen molar-refractivity contribution in [3.05, 3.63) is 75.5 Å². The van der Waals surface area contributed by atoms with Gasteiger partial charge in [0.25, 0.3) is 17.5 Å². The first kappa shape index (κ1) is 22.5. The highest BCUT2D eigenvalue weighted by Crippen LogP contribution is 2.33. The van der Waals surface area contributed by atoms with Gasteiger partial charge in [-0.05, 0) is 53.4 Å². The standard InChI is InChI=1S/C22H22BrN3O5/c1-31-18-8-4-3-7-17(18)19(23)20(22(28)25-13-5-2-6-14-25)24-21(27)15-9-11-16(12-10-15)26(29)30/h3-4,7-12H,2,5-6,13-14H2,1H3,(H,24,27)/b20-19-. The number of nitro benzene ring substituents is 1. The van der Waals surface area contributed by atoms with Gasteiger partial charge in [-0.15, -0.1) is 0 Å². The van der Waals surface area contributed by atoms with Crippen molar-refractivity contribution < 1.29 is 19.2 Å². The van der Waals surface area contributed by atoms with Crippen LogP contribution in [0.2, 0.25) is 0 Å². The van der Waals surface area contributed by atoms with Gasteiger partial charge in [0.1, 0.15) is 11.4 Å². The Labute approximate surface area is 188 Å². The van der Waals surface area contributed by atoms with Gasteiger partial charge in [0.2, 0.25) is 0 Å². The number of benzene rings is 2. The number of carbonyl (C=O) groups is 2. The molecule has 9 heteroatoms. The van der Waals surface area contributed by atoms with Crippen LogP contribution in [0.25, 0.3) is 4.48 Å². The van der Waals surface area contributed by atoms with Crippen LogP contribution in [0.5, 0.6) is 5.75 Å². The molecule has 2 aromatic rings. The summed E-state index contributed by atoms with van der Waals surface area (Å²) in [5, 5.41) is 13.6. The lowest BCUT2D eigenvalue weighted by Crippen LogP contribution is -2.41. The zero-order chi connectivity index (χ0) is 22.4. The number of methoxy groups -OCH3 is 1. The highest BCUT2D eigenvalue weighted by Gasteiger charge is 2.26. The topological polar surface area (TPSA) is 102 Å². The molecule has 1 heterocycles. The summed E-state index contributed by atoms with van der Waals surface area (Å²) in [6.45, 7) is 1.23. The molecule has 162 valence electrons. The molecule has 0 bridgehead atoms. The molecule has 1 fully saturated rings. The van der Waals surface area contributed by atoms with Gasteiger partial charge < -0.3 is 15.0 Å². The molecule has 0 spiro atoms. The third kappa shape index (κ3) is 5.29. The molecule has 1 N–H and O–H groups in total. The number of nitrogens with one attached hydrogen (secondary N) is 1. The van der Waals surface area contributed by atoms with E-state index in [4.69, 9.17) is 4.74 Å². The molecule has 1 aliphatic heterocycles. The molecule has 0 aromatic heterocycles. The summed E-state index contributed by atoms with van der Waals surface area (Å²) in [6.07, 6.45) is 2.87. The number of rotatable bonds is 6. The largest absolute Gasteiger partial charge is 0.496 e. The van der Waals surface area contributed by atoms with E-state index in [-0.39, 0.29) is 22.9 Å². The molecule has 0 aliphatic carbocycles. The molecule has 8 nitrogen and oxygen atoms in total. The van der Waals surface area contributed by atoms with Crippen LogP contribution in [0.1, 0.15) is 35.2 Å². The Morgan fingerprint density at radius 1 is 1.06 bits per heavy atom. The Kier molecular flexibility index (Phi) is 7.41. The SMILES string of the molecule is COc1ccccc1/C(Br)=C(/NC(=O)c1ccc([N+](=O)[O-])cc1)C(=O)N1CCCCC1. The van der Waals surface area contributed by atoms with Crippen LogP contribution in [-0.2, 0) is 4.79 Å². The Hall–Kier alpha value is -3.20. The lowest BCUT2D eigenvalue weighted by molar-refractivity contribution is -0.384. The van der Waals surface area contributed by atoms with Crippen molar-refractivity contribution >= 4 is 37.9 Å². The number of nitro groups is 1. The summed E-state index contributed by atoms with van der Waals surface area (Å²) >= 11 is 3.49. The monoisotopic (exact) mass is 487 g/mol. The van der Waals surface area contributed by atoms with Crippen LogP contribution in [0, 0.1) is 10.1 Å². The minimum Gasteiger partial charge on any atom is -0.496 e. The second kappa shape index (κ2) is 10.2. The maximum Gasteiger partial charge on any atom is 0.271 e. The van der Waals surface area contributed by atoms with Crippen LogP contribution < -0.4 is 10.1 Å². The normalized spacial score (nSPS) is 14.5. The van der Waals surface area contributed by atoms with E-state index in [2.05, 4.69) is 21.2 Å². The van der Waals surface area contributed by atoms with Gasteiger partial charge in [0, 0.05) is 36.3 Å². The first-order chi connectivity index (χ1) is 14.9. The molecule has 0 radical (unpaired) electrons. The van der Waals surface area contributed by atoms with E-state index in [1.165, 1.54) is 31.4 Å². The third-order valence-electron chi connectivity index (χ3n) is 5.00. The van der Waals surface area contributed by atoms with Gasteiger partial charge in [-0.1, -0.05) is 18.2 Å². The van der Waals surface area contributed by atoms with Crippen molar-refractivity contribution in [1.29, 1.82) is 0 Å². The summed E-state index contributed by atoms with van der Waals surface area (Å²) in [5.41, 5.74) is 0.797. The van der Waals surface area contributed by atoms with Crippen LogP contribution >= 0.6 is 15.9 Å². The van der Waals surface area contributed by atoms with E-state index in [0.29, 0.717) is 28.9 Å². The summed E-state index contributed by atoms with van der Waals surface area (Å²) in [6, 6.07) is 12.4. The molecule has 0 atom stereocenters. The summed E-state index contributed by atoms with van der Waals surface area (Å²) in [5.74, 6) is -0.294. The molecule has 0 unspecified atom stereocenters. The molecule has 0 saturated carbocycles.